The molecule has 1 amide bonds. The molecule has 3 aromatic rings. The average Bonchev–Trinajstić information content (AvgIpc) is 3.06. The van der Waals surface area contributed by atoms with Gasteiger partial charge in [-0.25, -0.2) is 17.9 Å². The predicted molar refractivity (Wildman–Crippen MR) is 112 cm³/mol. The van der Waals surface area contributed by atoms with Gasteiger partial charge in [0, 0.05) is 0 Å². The van der Waals surface area contributed by atoms with Gasteiger partial charge in [0.2, 0.25) is 9.84 Å². The Hall–Kier alpha value is -3.60. The van der Waals surface area contributed by atoms with Crippen LogP contribution >= 0.6 is 0 Å². The van der Waals surface area contributed by atoms with E-state index in [1.807, 2.05) is 30.3 Å². The van der Waals surface area contributed by atoms with Crippen molar-refractivity contribution in [1.82, 2.24) is 9.78 Å². The molecule has 0 atom stereocenters. The monoisotopic (exact) mass is 463 g/mol. The second-order valence-electron chi connectivity index (χ2n) is 6.75. The Morgan fingerprint density at radius 1 is 1.06 bits per heavy atom. The van der Waals surface area contributed by atoms with Crippen LogP contribution < -0.4 is 5.32 Å². The Morgan fingerprint density at radius 3 is 2.28 bits per heavy atom. The highest BCUT2D eigenvalue weighted by atomic mass is 32.2. The van der Waals surface area contributed by atoms with Crippen LogP contribution in [0.2, 0.25) is 0 Å². The lowest BCUT2D eigenvalue weighted by Gasteiger charge is -2.08. The molecule has 1 N–H and O–H groups in total. The molecule has 1 heterocycles. The lowest BCUT2D eigenvalue weighted by Crippen LogP contribution is -2.21. The summed E-state index contributed by atoms with van der Waals surface area (Å²) in [7, 11) is -4.76. The predicted octanol–water partition coefficient (Wildman–Crippen LogP) is 3.28. The summed E-state index contributed by atoms with van der Waals surface area (Å²) in [5.74, 6) is -5.08. The summed E-state index contributed by atoms with van der Waals surface area (Å²) in [5.41, 5.74) is 2.47. The van der Waals surface area contributed by atoms with Crippen molar-refractivity contribution in [2.24, 2.45) is 0 Å². The van der Waals surface area contributed by atoms with Crippen LogP contribution in [0, 0.1) is 13.8 Å². The van der Waals surface area contributed by atoms with Gasteiger partial charge in [0.15, 0.2) is 6.61 Å². The number of carbonyl (C=O) groups excluding carboxylic acids is 2. The van der Waals surface area contributed by atoms with Crippen molar-refractivity contribution < 1.29 is 31.5 Å². The number of rotatable bonds is 7. The Bertz CT molecular complexity index is 1240. The van der Waals surface area contributed by atoms with Crippen LogP contribution in [0.1, 0.15) is 21.7 Å². The first-order valence-electron chi connectivity index (χ1n) is 9.32. The van der Waals surface area contributed by atoms with Crippen LogP contribution in [0.3, 0.4) is 0 Å². The number of anilines is 1. The Morgan fingerprint density at radius 2 is 1.69 bits per heavy atom. The number of esters is 1. The highest BCUT2D eigenvalue weighted by Crippen LogP contribution is 2.23. The summed E-state index contributed by atoms with van der Waals surface area (Å²) >= 11 is 0. The van der Waals surface area contributed by atoms with Gasteiger partial charge in [0.1, 0.15) is 0 Å². The smallest absolute Gasteiger partial charge is 0.341 e. The number of carbonyl (C=O) groups is 2. The number of hydrogen-bond acceptors (Lipinski definition) is 6. The number of para-hydroxylation sites is 1. The quantitative estimate of drug-likeness (QED) is 0.539. The van der Waals surface area contributed by atoms with Crippen molar-refractivity contribution in [2.45, 2.75) is 24.5 Å². The standard InChI is InChI=1S/C21H19F2N3O5S/c1-13-19(14(2)26(25-13)16-6-4-3-5-7-16)24-18(27)12-31-20(28)15-8-10-17(11-9-15)32(29,30)21(22)23/h3-11,21H,12H2,1-2H3,(H,24,27). The maximum atomic E-state index is 12.6. The molecule has 0 spiro atoms. The average molecular weight is 463 g/mol. The van der Waals surface area contributed by atoms with E-state index in [4.69, 9.17) is 4.74 Å². The number of alkyl halides is 2. The van der Waals surface area contributed by atoms with Gasteiger partial charge in [-0.15, -0.1) is 0 Å². The topological polar surface area (TPSA) is 107 Å². The summed E-state index contributed by atoms with van der Waals surface area (Å²) in [4.78, 5) is 23.8. The summed E-state index contributed by atoms with van der Waals surface area (Å²) in [6.07, 6.45) is 0. The van der Waals surface area contributed by atoms with Gasteiger partial charge in [-0.3, -0.25) is 4.79 Å². The highest BCUT2D eigenvalue weighted by Gasteiger charge is 2.26. The van der Waals surface area contributed by atoms with Crippen molar-refractivity contribution in [2.75, 3.05) is 11.9 Å². The number of ether oxygens (including phenoxy) is 1. The molecule has 11 heteroatoms. The molecule has 168 valence electrons. The molecule has 0 saturated carbocycles. The lowest BCUT2D eigenvalue weighted by atomic mass is 10.2. The number of halogens is 2. The molecular formula is C21H19F2N3O5S. The molecule has 0 unspecified atom stereocenters. The van der Waals surface area contributed by atoms with Crippen LogP contribution in [0.25, 0.3) is 5.69 Å². The van der Waals surface area contributed by atoms with Crippen molar-refractivity contribution in [3.63, 3.8) is 0 Å². The third-order valence-corrected chi connectivity index (χ3v) is 5.94. The first-order valence-corrected chi connectivity index (χ1v) is 10.9. The SMILES string of the molecule is Cc1nn(-c2ccccc2)c(C)c1NC(=O)COC(=O)c1ccc(S(=O)(=O)C(F)F)cc1. The summed E-state index contributed by atoms with van der Waals surface area (Å²) in [5, 5.41) is 7.06. The number of aryl methyl sites for hydroxylation is 1. The minimum Gasteiger partial charge on any atom is -0.452 e. The van der Waals surface area contributed by atoms with Crippen LogP contribution in [-0.2, 0) is 19.4 Å². The van der Waals surface area contributed by atoms with E-state index < -0.39 is 39.0 Å². The first kappa shape index (κ1) is 23.1. The van der Waals surface area contributed by atoms with E-state index in [1.165, 1.54) is 0 Å². The molecule has 0 aliphatic carbocycles. The molecule has 2 aromatic carbocycles. The molecule has 32 heavy (non-hydrogen) atoms. The molecule has 0 saturated heterocycles. The molecule has 0 fully saturated rings. The van der Waals surface area contributed by atoms with E-state index in [9.17, 15) is 26.8 Å². The molecule has 8 nitrogen and oxygen atoms in total. The van der Waals surface area contributed by atoms with Gasteiger partial charge >= 0.3 is 11.7 Å². The van der Waals surface area contributed by atoms with Gasteiger partial charge < -0.3 is 10.1 Å². The normalized spacial score (nSPS) is 11.4. The van der Waals surface area contributed by atoms with Crippen molar-refractivity contribution >= 4 is 27.4 Å². The molecule has 0 radical (unpaired) electrons. The maximum Gasteiger partial charge on any atom is 0.341 e. The van der Waals surface area contributed by atoms with Crippen LogP contribution in [0.15, 0.2) is 59.5 Å². The molecular weight excluding hydrogens is 444 g/mol. The largest absolute Gasteiger partial charge is 0.452 e. The fourth-order valence-corrected chi connectivity index (χ4v) is 3.64. The number of nitrogens with one attached hydrogen (secondary N) is 1. The van der Waals surface area contributed by atoms with Crippen molar-refractivity contribution in [3.8, 4) is 5.69 Å². The lowest BCUT2D eigenvalue weighted by molar-refractivity contribution is -0.119. The zero-order valence-electron chi connectivity index (χ0n) is 17.1. The van der Waals surface area contributed by atoms with E-state index in [1.54, 1.807) is 18.5 Å². The molecule has 1 aromatic heterocycles. The van der Waals surface area contributed by atoms with Gasteiger partial charge in [-0.05, 0) is 50.2 Å². The van der Waals surface area contributed by atoms with Crippen molar-refractivity contribution in [1.29, 1.82) is 0 Å². The van der Waals surface area contributed by atoms with Gasteiger partial charge in [0.25, 0.3) is 5.91 Å². The fourth-order valence-electron chi connectivity index (χ4n) is 2.92. The Kier molecular flexibility index (Phi) is 6.68. The van der Waals surface area contributed by atoms with E-state index in [0.717, 1.165) is 30.0 Å². The zero-order valence-corrected chi connectivity index (χ0v) is 17.9. The molecule has 3 rings (SSSR count). The van der Waals surface area contributed by atoms with Crippen LogP contribution in [0.5, 0.6) is 0 Å². The maximum absolute atomic E-state index is 12.6. The zero-order chi connectivity index (χ0) is 23.5. The highest BCUT2D eigenvalue weighted by molar-refractivity contribution is 7.91. The van der Waals surface area contributed by atoms with E-state index in [2.05, 4.69) is 10.4 Å². The number of nitrogens with zero attached hydrogens (tertiary/aromatic N) is 2. The Balaban J connectivity index is 1.63. The third-order valence-electron chi connectivity index (χ3n) is 4.54. The second-order valence-corrected chi connectivity index (χ2v) is 8.67. The molecule has 0 aliphatic rings. The summed E-state index contributed by atoms with van der Waals surface area (Å²) < 4.78 is 54.6. The minimum atomic E-state index is -4.76. The van der Waals surface area contributed by atoms with E-state index in [-0.39, 0.29) is 5.56 Å². The third kappa shape index (κ3) is 4.83. The molecule has 0 bridgehead atoms. The number of benzene rings is 2. The summed E-state index contributed by atoms with van der Waals surface area (Å²) in [6, 6.07) is 13.2. The van der Waals surface area contributed by atoms with Crippen LogP contribution in [-0.4, -0.2) is 42.4 Å². The van der Waals surface area contributed by atoms with Gasteiger partial charge in [-0.1, -0.05) is 18.2 Å². The first-order chi connectivity index (χ1) is 15.1. The van der Waals surface area contributed by atoms with Gasteiger partial charge in [-0.2, -0.15) is 13.9 Å². The van der Waals surface area contributed by atoms with Crippen LogP contribution in [0.4, 0.5) is 14.5 Å². The summed E-state index contributed by atoms with van der Waals surface area (Å²) in [6.45, 7) is 2.90. The number of amides is 1. The molecule has 0 aliphatic heterocycles. The second kappa shape index (κ2) is 9.27. The van der Waals surface area contributed by atoms with Gasteiger partial charge in [0.05, 0.1) is 33.2 Å². The van der Waals surface area contributed by atoms with E-state index in [0.29, 0.717) is 17.1 Å². The minimum absolute atomic E-state index is 0.0877. The Labute approximate surface area is 182 Å². The number of hydrogen-bond donors (Lipinski definition) is 1. The number of aromatic nitrogens is 2. The number of sulfone groups is 1. The van der Waals surface area contributed by atoms with E-state index >= 15 is 0 Å². The fraction of sp³-hybridized carbons (Fsp3) is 0.190. The van der Waals surface area contributed by atoms with Crippen molar-refractivity contribution in [3.05, 3.63) is 71.5 Å².